The van der Waals surface area contributed by atoms with E-state index in [4.69, 9.17) is 14.3 Å². The summed E-state index contributed by atoms with van der Waals surface area (Å²) >= 11 is 0. The molecular weight excluding hydrogens is 287 g/mol. The smallest absolute Gasteiger partial charge is 0.404 e. The van der Waals surface area contributed by atoms with Gasteiger partial charge in [0, 0.05) is 5.56 Å². The first kappa shape index (κ1) is 15.8. The molecule has 5 heteroatoms. The number of hydrogen-bond donors (Lipinski definition) is 2. The Morgan fingerprint density at radius 1 is 0.952 bits per heavy atom. The molecule has 0 radical (unpaired) electrons. The van der Waals surface area contributed by atoms with Gasteiger partial charge in [0.1, 0.15) is 5.75 Å². The number of phosphoric ester groups is 1. The highest BCUT2D eigenvalue weighted by Crippen LogP contribution is 2.45. The van der Waals surface area contributed by atoms with Crippen molar-refractivity contribution in [2.75, 3.05) is 0 Å². The summed E-state index contributed by atoms with van der Waals surface area (Å²) in [4.78, 5) is 18.3. The highest BCUT2D eigenvalue weighted by atomic mass is 31.2. The van der Waals surface area contributed by atoms with Crippen LogP contribution in [0, 0.1) is 0 Å². The molecule has 0 heterocycles. The molecule has 2 rings (SSSR count). The van der Waals surface area contributed by atoms with Gasteiger partial charge in [-0.2, -0.15) is 0 Å². The molecule has 0 fully saturated rings. The maximum absolute atomic E-state index is 11.2. The molecule has 0 aliphatic carbocycles. The summed E-state index contributed by atoms with van der Waals surface area (Å²) in [6, 6.07) is 14.7. The zero-order chi connectivity index (χ0) is 15.7. The number of benzene rings is 2. The van der Waals surface area contributed by atoms with Crippen molar-refractivity contribution in [1.29, 1.82) is 0 Å². The average molecular weight is 306 g/mol. The second-order valence-corrected chi connectivity index (χ2v) is 7.04. The Morgan fingerprint density at radius 3 is 2.10 bits per heavy atom. The van der Waals surface area contributed by atoms with E-state index in [-0.39, 0.29) is 11.2 Å². The molecule has 2 aromatic carbocycles. The van der Waals surface area contributed by atoms with Crippen LogP contribution < -0.4 is 4.52 Å². The van der Waals surface area contributed by atoms with Crippen molar-refractivity contribution in [2.45, 2.75) is 26.2 Å². The Kier molecular flexibility index (Phi) is 4.24. The van der Waals surface area contributed by atoms with Crippen molar-refractivity contribution >= 4 is 7.82 Å². The molecule has 0 amide bonds. The van der Waals surface area contributed by atoms with Gasteiger partial charge in [-0.1, -0.05) is 63.2 Å². The van der Waals surface area contributed by atoms with Crippen LogP contribution in [0.25, 0.3) is 11.1 Å². The molecule has 0 aliphatic heterocycles. The highest BCUT2D eigenvalue weighted by molar-refractivity contribution is 7.46. The van der Waals surface area contributed by atoms with Gasteiger partial charge in [-0.3, -0.25) is 9.79 Å². The molecule has 0 aliphatic rings. The van der Waals surface area contributed by atoms with Crippen molar-refractivity contribution in [1.82, 2.24) is 0 Å². The molecule has 0 spiro atoms. The van der Waals surface area contributed by atoms with Crippen molar-refractivity contribution in [3.05, 3.63) is 54.1 Å². The van der Waals surface area contributed by atoms with Crippen LogP contribution in [-0.4, -0.2) is 9.79 Å². The lowest BCUT2D eigenvalue weighted by Gasteiger charge is -2.25. The normalized spacial score (nSPS) is 12.2. The fourth-order valence-corrected chi connectivity index (χ4v) is 2.67. The standard InChI is InChI=1S/C16H19O4P/c1-16(2,3)13-10-7-11-14(20-21(17,18)19)15(13)12-8-5-4-6-9-12/h4-11H,1-3H3,(H2,17,18,19). The number of phosphoric acid groups is 1. The van der Waals surface area contributed by atoms with E-state index in [2.05, 4.69) is 20.8 Å². The molecule has 112 valence electrons. The second kappa shape index (κ2) is 5.64. The summed E-state index contributed by atoms with van der Waals surface area (Å²) in [7, 11) is -4.61. The largest absolute Gasteiger partial charge is 0.524 e. The summed E-state index contributed by atoms with van der Waals surface area (Å²) in [6.45, 7) is 6.15. The monoisotopic (exact) mass is 306 g/mol. The molecule has 21 heavy (non-hydrogen) atoms. The Bertz CT molecular complexity index is 668. The van der Waals surface area contributed by atoms with E-state index >= 15 is 0 Å². The molecule has 0 saturated carbocycles. The fraction of sp³-hybridized carbons (Fsp3) is 0.250. The maximum atomic E-state index is 11.2. The van der Waals surface area contributed by atoms with Gasteiger partial charge in [-0.15, -0.1) is 0 Å². The molecule has 0 bridgehead atoms. The predicted octanol–water partition coefficient (Wildman–Crippen LogP) is 4.12. The van der Waals surface area contributed by atoms with E-state index in [1.165, 1.54) is 0 Å². The molecule has 0 atom stereocenters. The van der Waals surface area contributed by atoms with Crippen LogP contribution in [0.15, 0.2) is 48.5 Å². The van der Waals surface area contributed by atoms with Crippen LogP contribution in [0.3, 0.4) is 0 Å². The van der Waals surface area contributed by atoms with Crippen LogP contribution >= 0.6 is 7.82 Å². The lowest BCUT2D eigenvalue weighted by molar-refractivity contribution is 0.283. The van der Waals surface area contributed by atoms with Crippen molar-refractivity contribution in [3.8, 4) is 16.9 Å². The van der Waals surface area contributed by atoms with E-state index in [0.29, 0.717) is 5.56 Å². The SMILES string of the molecule is CC(C)(C)c1cccc(OP(=O)(O)O)c1-c1ccccc1. The van der Waals surface area contributed by atoms with Gasteiger partial charge in [-0.05, 0) is 22.6 Å². The lowest BCUT2D eigenvalue weighted by atomic mass is 9.81. The molecule has 0 aromatic heterocycles. The number of rotatable bonds is 3. The Balaban J connectivity index is 2.70. The Hall–Kier alpha value is -1.61. The van der Waals surface area contributed by atoms with Gasteiger partial charge in [0.15, 0.2) is 0 Å². The molecule has 2 N–H and O–H groups in total. The van der Waals surface area contributed by atoms with Crippen LogP contribution in [0.2, 0.25) is 0 Å². The summed E-state index contributed by atoms with van der Waals surface area (Å²) in [5.74, 6) is 0.196. The van der Waals surface area contributed by atoms with E-state index < -0.39 is 7.82 Å². The summed E-state index contributed by atoms with van der Waals surface area (Å²) in [6.07, 6.45) is 0. The van der Waals surface area contributed by atoms with Crippen molar-refractivity contribution < 1.29 is 18.9 Å². The quantitative estimate of drug-likeness (QED) is 0.837. The third-order valence-corrected chi connectivity index (χ3v) is 3.55. The summed E-state index contributed by atoms with van der Waals surface area (Å²) in [5, 5.41) is 0. The fourth-order valence-electron chi connectivity index (χ4n) is 2.26. The van der Waals surface area contributed by atoms with Crippen LogP contribution in [0.1, 0.15) is 26.3 Å². The minimum atomic E-state index is -4.61. The van der Waals surface area contributed by atoms with Gasteiger partial charge in [0.05, 0.1) is 0 Å². The summed E-state index contributed by atoms with van der Waals surface area (Å²) < 4.78 is 16.1. The predicted molar refractivity (Wildman–Crippen MR) is 83.3 cm³/mol. The van der Waals surface area contributed by atoms with Crippen molar-refractivity contribution in [2.24, 2.45) is 0 Å². The zero-order valence-electron chi connectivity index (χ0n) is 12.3. The number of hydrogen-bond acceptors (Lipinski definition) is 2. The Labute approximate surface area is 124 Å². The highest BCUT2D eigenvalue weighted by Gasteiger charge is 2.25. The minimum Gasteiger partial charge on any atom is -0.404 e. The third kappa shape index (κ3) is 3.94. The molecule has 0 unspecified atom stereocenters. The van der Waals surface area contributed by atoms with E-state index in [0.717, 1.165) is 11.1 Å². The van der Waals surface area contributed by atoms with Gasteiger partial charge in [-0.25, -0.2) is 4.57 Å². The van der Waals surface area contributed by atoms with Crippen LogP contribution in [0.4, 0.5) is 0 Å². The molecule has 4 nitrogen and oxygen atoms in total. The lowest BCUT2D eigenvalue weighted by Crippen LogP contribution is -2.13. The average Bonchev–Trinajstić information content (AvgIpc) is 2.36. The van der Waals surface area contributed by atoms with Crippen molar-refractivity contribution in [3.63, 3.8) is 0 Å². The molecular formula is C16H19O4P. The second-order valence-electron chi connectivity index (χ2n) is 5.88. The van der Waals surface area contributed by atoms with Crippen LogP contribution in [-0.2, 0) is 9.98 Å². The Morgan fingerprint density at radius 2 is 1.57 bits per heavy atom. The first-order chi connectivity index (χ1) is 9.68. The van der Waals surface area contributed by atoms with Gasteiger partial charge >= 0.3 is 7.82 Å². The van der Waals surface area contributed by atoms with Gasteiger partial charge < -0.3 is 4.52 Å². The first-order valence-corrected chi connectivity index (χ1v) is 8.15. The summed E-state index contributed by atoms with van der Waals surface area (Å²) in [5.41, 5.74) is 2.37. The minimum absolute atomic E-state index is 0.181. The van der Waals surface area contributed by atoms with E-state index in [1.807, 2.05) is 36.4 Å². The van der Waals surface area contributed by atoms with Gasteiger partial charge in [0.25, 0.3) is 0 Å². The topological polar surface area (TPSA) is 66.8 Å². The molecule has 2 aromatic rings. The van der Waals surface area contributed by atoms with E-state index in [1.54, 1.807) is 12.1 Å². The third-order valence-electron chi connectivity index (χ3n) is 3.11. The molecule has 0 saturated heterocycles. The van der Waals surface area contributed by atoms with Crippen LogP contribution in [0.5, 0.6) is 5.75 Å². The van der Waals surface area contributed by atoms with E-state index in [9.17, 15) is 4.57 Å². The zero-order valence-corrected chi connectivity index (χ0v) is 13.2. The van der Waals surface area contributed by atoms with Gasteiger partial charge in [0.2, 0.25) is 0 Å². The maximum Gasteiger partial charge on any atom is 0.524 e. The first-order valence-electron chi connectivity index (χ1n) is 6.62.